The Kier molecular flexibility index (Phi) is 7.23. The van der Waals surface area contributed by atoms with Gasteiger partial charge in [-0.05, 0) is 60.9 Å². The van der Waals surface area contributed by atoms with E-state index in [4.69, 9.17) is 10.5 Å². The van der Waals surface area contributed by atoms with Crippen molar-refractivity contribution in [2.24, 2.45) is 5.73 Å². The predicted octanol–water partition coefficient (Wildman–Crippen LogP) is 5.19. The number of nitrogens with zero attached hydrogens (tertiary/aromatic N) is 3. The van der Waals surface area contributed by atoms with E-state index in [1.54, 1.807) is 25.4 Å². The number of rotatable bonds is 9. The van der Waals surface area contributed by atoms with Crippen LogP contribution in [-0.2, 0) is 0 Å². The average molecular weight is 516 g/mol. The summed E-state index contributed by atoms with van der Waals surface area (Å²) in [6.07, 6.45) is 6.18. The van der Waals surface area contributed by atoms with Crippen LogP contribution in [0.2, 0.25) is 0 Å². The standard InChI is InChI=1S/C28H30FN7O2/c1-3-13-36-14-5-6-18(16-36)17-9-10-21(23(15-17)38-2)33-28-34-26-19(11-12-31-26)27(35-28)32-22-8-4-7-20(29)24(22)25(30)37/h4,6-12,15H,3,5,13-14,16H2,1-2H3,(H2,30,37)(H3,31,32,33,34,35). The highest BCUT2D eigenvalue weighted by Crippen LogP contribution is 2.33. The molecule has 0 aliphatic carbocycles. The maximum atomic E-state index is 14.3. The summed E-state index contributed by atoms with van der Waals surface area (Å²) in [5.74, 6) is -0.265. The molecule has 4 aromatic rings. The van der Waals surface area contributed by atoms with Gasteiger partial charge in [0.1, 0.15) is 23.0 Å². The molecule has 3 heterocycles. The van der Waals surface area contributed by atoms with Gasteiger partial charge in [0.2, 0.25) is 5.95 Å². The Morgan fingerprint density at radius 1 is 1.18 bits per heavy atom. The van der Waals surface area contributed by atoms with Crippen molar-refractivity contribution in [1.82, 2.24) is 19.9 Å². The van der Waals surface area contributed by atoms with E-state index < -0.39 is 11.7 Å². The highest BCUT2D eigenvalue weighted by atomic mass is 19.1. The lowest BCUT2D eigenvalue weighted by Gasteiger charge is -2.27. The summed E-state index contributed by atoms with van der Waals surface area (Å²) in [6.45, 7) is 5.28. The van der Waals surface area contributed by atoms with Crippen LogP contribution in [0.1, 0.15) is 35.7 Å². The quantitative estimate of drug-likeness (QED) is 0.242. The minimum atomic E-state index is -0.876. The number of methoxy groups -OCH3 is 1. The monoisotopic (exact) mass is 515 g/mol. The van der Waals surface area contributed by atoms with Crippen LogP contribution in [0, 0.1) is 5.82 Å². The zero-order valence-electron chi connectivity index (χ0n) is 21.3. The third-order valence-electron chi connectivity index (χ3n) is 6.52. The van der Waals surface area contributed by atoms with Crippen LogP contribution in [0.15, 0.2) is 54.7 Å². The van der Waals surface area contributed by atoms with Gasteiger partial charge in [-0.25, -0.2) is 4.39 Å². The van der Waals surface area contributed by atoms with Crippen LogP contribution in [0.4, 0.5) is 27.5 Å². The topological polar surface area (TPSA) is 121 Å². The second-order valence-electron chi connectivity index (χ2n) is 9.12. The Balaban J connectivity index is 1.45. The van der Waals surface area contributed by atoms with Gasteiger partial charge in [-0.3, -0.25) is 9.69 Å². The van der Waals surface area contributed by atoms with Gasteiger partial charge in [0.15, 0.2) is 0 Å². The van der Waals surface area contributed by atoms with Crippen molar-refractivity contribution >= 4 is 45.7 Å². The first-order valence-electron chi connectivity index (χ1n) is 12.5. The Hall–Kier alpha value is -4.44. The van der Waals surface area contributed by atoms with Crippen molar-refractivity contribution in [2.45, 2.75) is 19.8 Å². The summed E-state index contributed by atoms with van der Waals surface area (Å²) < 4.78 is 20.0. The molecule has 1 amide bonds. The molecule has 0 atom stereocenters. The molecule has 38 heavy (non-hydrogen) atoms. The number of nitrogens with one attached hydrogen (secondary N) is 3. The van der Waals surface area contributed by atoms with Gasteiger partial charge in [-0.1, -0.05) is 25.1 Å². The molecule has 0 unspecified atom stereocenters. The molecule has 0 saturated heterocycles. The number of aromatic amines is 1. The molecule has 2 aromatic carbocycles. The largest absolute Gasteiger partial charge is 0.495 e. The summed E-state index contributed by atoms with van der Waals surface area (Å²) in [5.41, 5.74) is 9.04. The molecule has 1 aliphatic heterocycles. The number of fused-ring (bicyclic) bond motifs is 1. The molecule has 2 aromatic heterocycles. The number of carbonyl (C=O) groups is 1. The molecule has 196 valence electrons. The number of halogens is 1. The van der Waals surface area contributed by atoms with Gasteiger partial charge in [-0.2, -0.15) is 9.97 Å². The minimum absolute atomic E-state index is 0.212. The number of hydrogen-bond donors (Lipinski definition) is 4. The fourth-order valence-electron chi connectivity index (χ4n) is 4.74. The predicted molar refractivity (Wildman–Crippen MR) is 148 cm³/mol. The lowest BCUT2D eigenvalue weighted by atomic mass is 10.00. The number of ether oxygens (including phenoxy) is 1. The number of carbonyl (C=O) groups excluding carboxylic acids is 1. The fraction of sp³-hybridized carbons (Fsp3) is 0.250. The number of anilines is 4. The molecule has 5 rings (SSSR count). The van der Waals surface area contributed by atoms with E-state index in [-0.39, 0.29) is 17.2 Å². The first-order valence-corrected chi connectivity index (χ1v) is 12.5. The lowest BCUT2D eigenvalue weighted by Crippen LogP contribution is -2.30. The number of amides is 1. The van der Waals surface area contributed by atoms with Crippen molar-refractivity contribution < 1.29 is 13.9 Å². The second kappa shape index (κ2) is 10.9. The van der Waals surface area contributed by atoms with E-state index in [0.717, 1.165) is 38.0 Å². The van der Waals surface area contributed by atoms with Gasteiger partial charge in [0.25, 0.3) is 5.91 Å². The second-order valence-corrected chi connectivity index (χ2v) is 9.12. The van der Waals surface area contributed by atoms with Crippen LogP contribution < -0.4 is 21.1 Å². The van der Waals surface area contributed by atoms with Crippen LogP contribution in [0.5, 0.6) is 5.75 Å². The molecule has 0 bridgehead atoms. The Bertz CT molecular complexity index is 1510. The summed E-state index contributed by atoms with van der Waals surface area (Å²) in [7, 11) is 1.63. The average Bonchev–Trinajstić information content (AvgIpc) is 3.38. The van der Waals surface area contributed by atoms with E-state index in [0.29, 0.717) is 28.3 Å². The third kappa shape index (κ3) is 5.16. The first-order chi connectivity index (χ1) is 18.5. The normalized spacial score (nSPS) is 13.8. The van der Waals surface area contributed by atoms with Crippen molar-refractivity contribution in [3.05, 3.63) is 71.7 Å². The Morgan fingerprint density at radius 3 is 2.84 bits per heavy atom. The summed E-state index contributed by atoms with van der Waals surface area (Å²) in [6, 6.07) is 12.1. The Morgan fingerprint density at radius 2 is 2.05 bits per heavy atom. The molecule has 1 aliphatic rings. The molecule has 0 spiro atoms. The lowest BCUT2D eigenvalue weighted by molar-refractivity contribution is 0.0997. The van der Waals surface area contributed by atoms with Crippen LogP contribution in [0.3, 0.4) is 0 Å². The van der Waals surface area contributed by atoms with Crippen LogP contribution in [0.25, 0.3) is 16.6 Å². The molecular weight excluding hydrogens is 485 g/mol. The van der Waals surface area contributed by atoms with Crippen molar-refractivity contribution in [2.75, 3.05) is 37.4 Å². The van der Waals surface area contributed by atoms with E-state index in [1.807, 2.05) is 12.1 Å². The van der Waals surface area contributed by atoms with Crippen molar-refractivity contribution in [1.29, 1.82) is 0 Å². The van der Waals surface area contributed by atoms with E-state index in [1.165, 1.54) is 17.7 Å². The molecule has 9 nitrogen and oxygen atoms in total. The molecule has 5 N–H and O–H groups in total. The smallest absolute Gasteiger partial charge is 0.253 e. The SMILES string of the molecule is CCCN1CCC=C(c2ccc(Nc3nc(Nc4cccc(F)c4C(N)=O)c4cc[nH]c4n3)c(OC)c2)C1. The molecule has 0 fully saturated rings. The minimum Gasteiger partial charge on any atom is -0.495 e. The van der Waals surface area contributed by atoms with Crippen LogP contribution >= 0.6 is 0 Å². The maximum Gasteiger partial charge on any atom is 0.253 e. The zero-order chi connectivity index (χ0) is 26.6. The highest BCUT2D eigenvalue weighted by Gasteiger charge is 2.18. The molecule has 0 radical (unpaired) electrons. The van der Waals surface area contributed by atoms with E-state index in [9.17, 15) is 9.18 Å². The number of primary amides is 1. The van der Waals surface area contributed by atoms with Gasteiger partial charge in [0.05, 0.1) is 29.4 Å². The number of nitrogens with two attached hydrogens (primary N) is 1. The van der Waals surface area contributed by atoms with Gasteiger partial charge in [0, 0.05) is 19.3 Å². The number of hydrogen-bond acceptors (Lipinski definition) is 7. The fourth-order valence-corrected chi connectivity index (χ4v) is 4.74. The number of H-pyrrole nitrogens is 1. The summed E-state index contributed by atoms with van der Waals surface area (Å²) >= 11 is 0. The zero-order valence-corrected chi connectivity index (χ0v) is 21.3. The number of benzene rings is 2. The third-order valence-corrected chi connectivity index (χ3v) is 6.52. The summed E-state index contributed by atoms with van der Waals surface area (Å²) in [5, 5.41) is 6.95. The van der Waals surface area contributed by atoms with Gasteiger partial charge >= 0.3 is 0 Å². The first kappa shape index (κ1) is 25.2. The van der Waals surface area contributed by atoms with Gasteiger partial charge in [-0.15, -0.1) is 0 Å². The summed E-state index contributed by atoms with van der Waals surface area (Å²) in [4.78, 5) is 26.6. The van der Waals surface area contributed by atoms with Crippen LogP contribution in [-0.4, -0.2) is 52.5 Å². The van der Waals surface area contributed by atoms with E-state index >= 15 is 0 Å². The molecule has 0 saturated carbocycles. The van der Waals surface area contributed by atoms with Gasteiger partial charge < -0.3 is 26.1 Å². The van der Waals surface area contributed by atoms with E-state index in [2.05, 4.69) is 49.6 Å². The Labute approximate surface area is 219 Å². The highest BCUT2D eigenvalue weighted by molar-refractivity contribution is 6.01. The number of aromatic nitrogens is 3. The molecular formula is C28H30FN7O2. The maximum absolute atomic E-state index is 14.3. The van der Waals surface area contributed by atoms with Crippen molar-refractivity contribution in [3.8, 4) is 5.75 Å². The van der Waals surface area contributed by atoms with Crippen molar-refractivity contribution in [3.63, 3.8) is 0 Å². The molecule has 10 heteroatoms.